The lowest BCUT2D eigenvalue weighted by Crippen LogP contribution is -2.26. The molecule has 0 fully saturated rings. The number of nitrogens with one attached hydrogen (secondary N) is 1. The lowest BCUT2D eigenvalue weighted by Gasteiger charge is -2.08. The van der Waals surface area contributed by atoms with E-state index in [2.05, 4.69) is 62.3 Å². The van der Waals surface area contributed by atoms with Gasteiger partial charge in [-0.3, -0.25) is 4.79 Å². The van der Waals surface area contributed by atoms with Gasteiger partial charge in [-0.15, -0.1) is 0 Å². The number of halogens is 2. The van der Waals surface area contributed by atoms with Crippen LogP contribution < -0.4 is 5.32 Å². The Balaban J connectivity index is 1.94. The Kier molecular flexibility index (Phi) is 5.38. The smallest absolute Gasteiger partial charge is 0.252 e. The van der Waals surface area contributed by atoms with Gasteiger partial charge in [-0.1, -0.05) is 45.8 Å². The van der Waals surface area contributed by atoms with E-state index in [4.69, 9.17) is 0 Å². The van der Waals surface area contributed by atoms with Gasteiger partial charge in [-0.05, 0) is 53.0 Å². The van der Waals surface area contributed by atoms with Gasteiger partial charge in [0.2, 0.25) is 0 Å². The molecular formula is C16H15Br2NO. The first-order valence-corrected chi connectivity index (χ1v) is 7.93. The van der Waals surface area contributed by atoms with Crippen molar-refractivity contribution in [3.05, 3.63) is 68.1 Å². The highest BCUT2D eigenvalue weighted by atomic mass is 79.9. The number of aryl methyl sites for hydroxylation is 1. The quantitative estimate of drug-likeness (QED) is 0.810. The molecule has 0 radical (unpaired) electrons. The third-order valence-corrected chi connectivity index (χ3v) is 4.14. The number of rotatable bonds is 4. The van der Waals surface area contributed by atoms with Crippen molar-refractivity contribution < 1.29 is 4.79 Å². The monoisotopic (exact) mass is 395 g/mol. The molecule has 0 unspecified atom stereocenters. The Morgan fingerprint density at radius 1 is 1.15 bits per heavy atom. The zero-order valence-corrected chi connectivity index (χ0v) is 14.3. The second kappa shape index (κ2) is 7.04. The van der Waals surface area contributed by atoms with Gasteiger partial charge in [0.05, 0.1) is 5.56 Å². The van der Waals surface area contributed by atoms with Crippen LogP contribution in [-0.2, 0) is 6.42 Å². The minimum atomic E-state index is -0.0640. The maximum atomic E-state index is 12.1. The van der Waals surface area contributed by atoms with Gasteiger partial charge in [0.25, 0.3) is 5.91 Å². The van der Waals surface area contributed by atoms with Crippen molar-refractivity contribution in [3.63, 3.8) is 0 Å². The molecule has 0 aliphatic rings. The molecule has 0 aliphatic heterocycles. The molecule has 0 saturated carbocycles. The zero-order valence-electron chi connectivity index (χ0n) is 11.1. The van der Waals surface area contributed by atoms with Gasteiger partial charge in [-0.25, -0.2) is 0 Å². The topological polar surface area (TPSA) is 29.1 Å². The minimum Gasteiger partial charge on any atom is -0.352 e. The second-order valence-corrected chi connectivity index (χ2v) is 6.39. The second-order valence-electron chi connectivity index (χ2n) is 4.62. The lowest BCUT2D eigenvalue weighted by molar-refractivity contribution is 0.0953. The summed E-state index contributed by atoms with van der Waals surface area (Å²) in [5.74, 6) is -0.0640. The number of benzene rings is 2. The Morgan fingerprint density at radius 2 is 1.95 bits per heavy atom. The standard InChI is InChI=1S/C16H15Br2NO/c1-11-3-2-4-12(9-11)7-8-19-16(20)14-10-13(17)5-6-15(14)18/h2-6,9-10H,7-8H2,1H3,(H,19,20). The van der Waals surface area contributed by atoms with Crippen LogP contribution in [0.25, 0.3) is 0 Å². The molecular weight excluding hydrogens is 382 g/mol. The van der Waals surface area contributed by atoms with Crippen molar-refractivity contribution in [1.82, 2.24) is 5.32 Å². The average molecular weight is 397 g/mol. The van der Waals surface area contributed by atoms with Crippen molar-refractivity contribution in [3.8, 4) is 0 Å². The maximum absolute atomic E-state index is 12.1. The molecule has 0 bridgehead atoms. The molecule has 4 heteroatoms. The van der Waals surface area contributed by atoms with Crippen LogP contribution in [-0.4, -0.2) is 12.5 Å². The van der Waals surface area contributed by atoms with E-state index in [0.29, 0.717) is 12.1 Å². The van der Waals surface area contributed by atoms with E-state index in [1.165, 1.54) is 11.1 Å². The van der Waals surface area contributed by atoms with Crippen LogP contribution >= 0.6 is 31.9 Å². The first-order chi connectivity index (χ1) is 9.56. The van der Waals surface area contributed by atoms with Crippen LogP contribution in [0.4, 0.5) is 0 Å². The van der Waals surface area contributed by atoms with E-state index in [1.807, 2.05) is 24.3 Å². The molecule has 2 aromatic rings. The van der Waals surface area contributed by atoms with Crippen molar-refractivity contribution in [2.24, 2.45) is 0 Å². The van der Waals surface area contributed by atoms with Crippen LogP contribution in [0.3, 0.4) is 0 Å². The highest BCUT2D eigenvalue weighted by molar-refractivity contribution is 9.11. The van der Waals surface area contributed by atoms with Crippen molar-refractivity contribution >= 4 is 37.8 Å². The van der Waals surface area contributed by atoms with Crippen molar-refractivity contribution in [2.45, 2.75) is 13.3 Å². The predicted molar refractivity (Wildman–Crippen MR) is 89.1 cm³/mol. The van der Waals surface area contributed by atoms with E-state index < -0.39 is 0 Å². The summed E-state index contributed by atoms with van der Waals surface area (Å²) >= 11 is 6.77. The molecule has 0 heterocycles. The van der Waals surface area contributed by atoms with E-state index >= 15 is 0 Å². The number of amides is 1. The van der Waals surface area contributed by atoms with E-state index in [9.17, 15) is 4.79 Å². The van der Waals surface area contributed by atoms with Crippen LogP contribution in [0.5, 0.6) is 0 Å². The average Bonchev–Trinajstić information content (AvgIpc) is 2.41. The lowest BCUT2D eigenvalue weighted by atomic mass is 10.1. The van der Waals surface area contributed by atoms with Gasteiger partial charge in [0, 0.05) is 15.5 Å². The molecule has 2 rings (SSSR count). The Hall–Kier alpha value is -1.13. The first kappa shape index (κ1) is 15.3. The van der Waals surface area contributed by atoms with Crippen LogP contribution in [0.15, 0.2) is 51.4 Å². The molecule has 1 N–H and O–H groups in total. The summed E-state index contributed by atoms with van der Waals surface area (Å²) in [6.45, 7) is 2.70. The largest absolute Gasteiger partial charge is 0.352 e. The fourth-order valence-corrected chi connectivity index (χ4v) is 2.74. The number of carbonyl (C=O) groups excluding carboxylic acids is 1. The van der Waals surface area contributed by atoms with Gasteiger partial charge in [0.15, 0.2) is 0 Å². The number of hydrogen-bond acceptors (Lipinski definition) is 1. The van der Waals surface area contributed by atoms with Crippen LogP contribution in [0.2, 0.25) is 0 Å². The third kappa shape index (κ3) is 4.18. The molecule has 2 nitrogen and oxygen atoms in total. The molecule has 0 aliphatic carbocycles. The summed E-state index contributed by atoms with van der Waals surface area (Å²) in [7, 11) is 0. The Morgan fingerprint density at radius 3 is 2.70 bits per heavy atom. The van der Waals surface area contributed by atoms with Gasteiger partial charge in [0.1, 0.15) is 0 Å². The van der Waals surface area contributed by atoms with Crippen LogP contribution in [0, 0.1) is 6.92 Å². The fourth-order valence-electron chi connectivity index (χ4n) is 1.95. The summed E-state index contributed by atoms with van der Waals surface area (Å²) in [4.78, 5) is 12.1. The molecule has 104 valence electrons. The van der Waals surface area contributed by atoms with Crippen LogP contribution in [0.1, 0.15) is 21.5 Å². The Labute approximate surface area is 135 Å². The summed E-state index contributed by atoms with van der Waals surface area (Å²) in [6, 6.07) is 13.9. The van der Waals surface area contributed by atoms with Crippen molar-refractivity contribution in [2.75, 3.05) is 6.54 Å². The first-order valence-electron chi connectivity index (χ1n) is 6.35. The summed E-state index contributed by atoms with van der Waals surface area (Å²) < 4.78 is 1.69. The molecule has 0 spiro atoms. The van der Waals surface area contributed by atoms with Gasteiger partial charge < -0.3 is 5.32 Å². The highest BCUT2D eigenvalue weighted by Gasteiger charge is 2.09. The number of hydrogen-bond donors (Lipinski definition) is 1. The minimum absolute atomic E-state index is 0.0640. The third-order valence-electron chi connectivity index (χ3n) is 2.95. The molecule has 0 aromatic heterocycles. The normalized spacial score (nSPS) is 10.3. The highest BCUT2D eigenvalue weighted by Crippen LogP contribution is 2.21. The maximum Gasteiger partial charge on any atom is 0.252 e. The molecule has 20 heavy (non-hydrogen) atoms. The fraction of sp³-hybridized carbons (Fsp3) is 0.188. The zero-order chi connectivity index (χ0) is 14.5. The van der Waals surface area contributed by atoms with Gasteiger partial charge >= 0.3 is 0 Å². The van der Waals surface area contributed by atoms with Crippen molar-refractivity contribution in [1.29, 1.82) is 0 Å². The van der Waals surface area contributed by atoms with E-state index in [-0.39, 0.29) is 5.91 Å². The summed E-state index contributed by atoms with van der Waals surface area (Å²) in [6.07, 6.45) is 0.832. The van der Waals surface area contributed by atoms with Gasteiger partial charge in [-0.2, -0.15) is 0 Å². The number of carbonyl (C=O) groups is 1. The molecule has 0 atom stereocenters. The molecule has 0 saturated heterocycles. The van der Waals surface area contributed by atoms with E-state index in [1.54, 1.807) is 0 Å². The predicted octanol–water partition coefficient (Wildman–Crippen LogP) is 4.49. The Bertz CT molecular complexity index is 626. The SMILES string of the molecule is Cc1cccc(CCNC(=O)c2cc(Br)ccc2Br)c1. The molecule has 2 aromatic carbocycles. The summed E-state index contributed by atoms with van der Waals surface area (Å²) in [5, 5.41) is 2.95. The molecule has 1 amide bonds. The van der Waals surface area contributed by atoms with E-state index in [0.717, 1.165) is 15.4 Å². The summed E-state index contributed by atoms with van der Waals surface area (Å²) in [5.41, 5.74) is 3.12.